The molecule has 5 N–H and O–H groups in total. The van der Waals surface area contributed by atoms with Crippen molar-refractivity contribution in [1.82, 2.24) is 20.1 Å². The summed E-state index contributed by atoms with van der Waals surface area (Å²) in [5, 5.41) is 13.8. The molecule has 42 heavy (non-hydrogen) atoms. The second-order valence-electron chi connectivity index (χ2n) is 10.1. The van der Waals surface area contributed by atoms with E-state index < -0.39 is 23.6 Å². The van der Waals surface area contributed by atoms with Gasteiger partial charge in [0.05, 0.1) is 5.56 Å². The third-order valence-electron chi connectivity index (χ3n) is 7.37. The van der Waals surface area contributed by atoms with E-state index in [1.54, 1.807) is 16.8 Å². The van der Waals surface area contributed by atoms with Gasteiger partial charge in [0.1, 0.15) is 22.9 Å². The quantitative estimate of drug-likeness (QED) is 0.282. The summed E-state index contributed by atoms with van der Waals surface area (Å²) in [6, 6.07) is 14.0. The maximum atomic E-state index is 13.0. The second-order valence-corrected chi connectivity index (χ2v) is 10.1. The number of piperazine rings is 1. The van der Waals surface area contributed by atoms with Gasteiger partial charge in [-0.15, -0.1) is 0 Å². The van der Waals surface area contributed by atoms with Crippen molar-refractivity contribution >= 4 is 34.8 Å². The number of pyridine rings is 1. The molecule has 2 aromatic heterocycles. The Balaban J connectivity index is 1.24. The molecule has 2 amide bonds. The molecule has 0 saturated carbocycles. The van der Waals surface area contributed by atoms with Gasteiger partial charge in [-0.05, 0) is 54.4 Å². The van der Waals surface area contributed by atoms with E-state index in [1.807, 2.05) is 6.07 Å². The summed E-state index contributed by atoms with van der Waals surface area (Å²) in [6.07, 6.45) is -2.89. The number of rotatable bonds is 5. The highest BCUT2D eigenvalue weighted by molar-refractivity contribution is 6.06. The number of benzene rings is 2. The third-order valence-corrected chi connectivity index (χ3v) is 7.37. The summed E-state index contributed by atoms with van der Waals surface area (Å²) in [4.78, 5) is 31.5. The Morgan fingerprint density at radius 3 is 2.45 bits per heavy atom. The van der Waals surface area contributed by atoms with Crippen LogP contribution in [0.25, 0.3) is 11.3 Å². The monoisotopic (exact) mass is 576 g/mol. The van der Waals surface area contributed by atoms with Crippen LogP contribution in [0.2, 0.25) is 0 Å². The van der Waals surface area contributed by atoms with Crippen LogP contribution >= 0.6 is 0 Å². The van der Waals surface area contributed by atoms with Crippen LogP contribution in [-0.4, -0.2) is 52.8 Å². The van der Waals surface area contributed by atoms with Gasteiger partial charge in [-0.1, -0.05) is 12.1 Å². The number of halogens is 3. The fourth-order valence-electron chi connectivity index (χ4n) is 5.21. The van der Waals surface area contributed by atoms with Crippen LogP contribution in [-0.2, 0) is 19.1 Å². The highest BCUT2D eigenvalue weighted by Gasteiger charge is 2.31. The molecule has 1 saturated heterocycles. The Morgan fingerprint density at radius 2 is 1.74 bits per heavy atom. The Kier molecular flexibility index (Phi) is 7.02. The van der Waals surface area contributed by atoms with Gasteiger partial charge >= 0.3 is 6.18 Å². The molecule has 0 spiro atoms. The maximum Gasteiger partial charge on any atom is 0.416 e. The average molecular weight is 577 g/mol. The molecule has 0 radical (unpaired) electrons. The Morgan fingerprint density at radius 1 is 0.976 bits per heavy atom. The number of nitrogens with zero attached hydrogens (tertiary/aromatic N) is 4. The van der Waals surface area contributed by atoms with Crippen LogP contribution in [0.1, 0.15) is 31.8 Å². The van der Waals surface area contributed by atoms with E-state index in [9.17, 15) is 22.8 Å². The standard InChI is InChI=1S/C29H27F3N8O2/c30-29(31,32)20-7-9-35-23(16-20)37-28(42)18-3-1-17(2-4-18)25-24(26(33)41)27-36-22-6-5-21(39-13-10-34-11-14-39)15-19(22)8-12-40(27)38-25/h1-7,9,15-16,34,36H,8,10-14H2,(H2,33,41)(H,35,37,42). The third kappa shape index (κ3) is 5.38. The van der Waals surface area contributed by atoms with Gasteiger partial charge in [0.2, 0.25) is 0 Å². The average Bonchev–Trinajstić information content (AvgIpc) is 3.25. The highest BCUT2D eigenvalue weighted by Crippen LogP contribution is 2.36. The Hall–Kier alpha value is -4.91. The molecule has 13 heteroatoms. The summed E-state index contributed by atoms with van der Waals surface area (Å²) in [6.45, 7) is 4.27. The number of aryl methyl sites for hydroxylation is 2. The van der Waals surface area contributed by atoms with E-state index in [1.165, 1.54) is 12.1 Å². The minimum atomic E-state index is -4.56. The molecule has 0 unspecified atom stereocenters. The molecule has 0 atom stereocenters. The fourth-order valence-corrected chi connectivity index (χ4v) is 5.21. The number of aromatic nitrogens is 3. The Bertz CT molecular complexity index is 1660. The zero-order valence-corrected chi connectivity index (χ0v) is 22.3. The van der Waals surface area contributed by atoms with Crippen molar-refractivity contribution in [2.75, 3.05) is 41.7 Å². The lowest BCUT2D eigenvalue weighted by Gasteiger charge is -2.30. The maximum absolute atomic E-state index is 13.0. The summed E-state index contributed by atoms with van der Waals surface area (Å²) in [5.41, 5.74) is 9.36. The van der Waals surface area contributed by atoms with Crippen molar-refractivity contribution in [3.8, 4) is 11.3 Å². The highest BCUT2D eigenvalue weighted by atomic mass is 19.4. The zero-order valence-electron chi connectivity index (χ0n) is 22.3. The van der Waals surface area contributed by atoms with E-state index in [4.69, 9.17) is 10.8 Å². The van der Waals surface area contributed by atoms with E-state index in [0.717, 1.165) is 61.4 Å². The first-order chi connectivity index (χ1) is 20.2. The van der Waals surface area contributed by atoms with Crippen molar-refractivity contribution in [3.63, 3.8) is 0 Å². The molecule has 0 bridgehead atoms. The van der Waals surface area contributed by atoms with E-state index in [0.29, 0.717) is 30.0 Å². The molecule has 2 aliphatic heterocycles. The lowest BCUT2D eigenvalue weighted by molar-refractivity contribution is -0.137. The van der Waals surface area contributed by atoms with Crippen LogP contribution < -0.4 is 26.6 Å². The fraction of sp³-hybridized carbons (Fsp3) is 0.241. The van der Waals surface area contributed by atoms with Gasteiger partial charge in [0, 0.05) is 61.4 Å². The number of fused-ring (bicyclic) bond motifs is 2. The van der Waals surface area contributed by atoms with E-state index >= 15 is 0 Å². The van der Waals surface area contributed by atoms with Crippen LogP contribution in [0.5, 0.6) is 0 Å². The first kappa shape index (κ1) is 27.3. The zero-order chi connectivity index (χ0) is 29.4. The van der Waals surface area contributed by atoms with Gasteiger partial charge in [-0.25, -0.2) is 9.67 Å². The predicted molar refractivity (Wildman–Crippen MR) is 152 cm³/mol. The molecule has 216 valence electrons. The van der Waals surface area contributed by atoms with Crippen molar-refractivity contribution in [2.45, 2.75) is 19.1 Å². The largest absolute Gasteiger partial charge is 0.416 e. The molecular formula is C29H27F3N8O2. The summed E-state index contributed by atoms with van der Waals surface area (Å²) >= 11 is 0. The van der Waals surface area contributed by atoms with Gasteiger partial charge in [-0.2, -0.15) is 18.3 Å². The SMILES string of the molecule is NC(=O)c1c(-c2ccc(C(=O)Nc3cc(C(F)(F)F)ccn3)cc2)nn2c1Nc1ccc(N3CCNCC3)cc1CC2. The smallest absolute Gasteiger partial charge is 0.369 e. The molecule has 6 rings (SSSR count). The summed E-state index contributed by atoms with van der Waals surface area (Å²) in [5.74, 6) is -1.03. The molecule has 0 aliphatic carbocycles. The molecule has 4 aromatic rings. The number of hydrogen-bond donors (Lipinski definition) is 4. The van der Waals surface area contributed by atoms with Crippen molar-refractivity contribution in [1.29, 1.82) is 0 Å². The number of amides is 2. The topological polar surface area (TPSA) is 130 Å². The molecular weight excluding hydrogens is 549 g/mol. The number of anilines is 4. The molecule has 2 aromatic carbocycles. The normalized spacial score (nSPS) is 14.8. The lowest BCUT2D eigenvalue weighted by atomic mass is 10.0. The Labute approximate surface area is 238 Å². The first-order valence-corrected chi connectivity index (χ1v) is 13.4. The molecule has 1 fully saturated rings. The van der Waals surface area contributed by atoms with Crippen LogP contribution in [0, 0.1) is 0 Å². The first-order valence-electron chi connectivity index (χ1n) is 13.4. The summed E-state index contributed by atoms with van der Waals surface area (Å²) in [7, 11) is 0. The van der Waals surface area contributed by atoms with Crippen molar-refractivity contribution in [3.05, 3.63) is 83.0 Å². The molecule has 10 nitrogen and oxygen atoms in total. The van der Waals surface area contributed by atoms with Crippen LogP contribution in [0.4, 0.5) is 36.2 Å². The number of primary amides is 1. The second kappa shape index (κ2) is 10.8. The van der Waals surface area contributed by atoms with Gasteiger partial charge < -0.3 is 26.6 Å². The summed E-state index contributed by atoms with van der Waals surface area (Å²) < 4.78 is 40.7. The van der Waals surface area contributed by atoms with Crippen molar-refractivity contribution < 1.29 is 22.8 Å². The van der Waals surface area contributed by atoms with E-state index in [2.05, 4.69) is 38.0 Å². The van der Waals surface area contributed by atoms with Gasteiger partial charge in [0.25, 0.3) is 11.8 Å². The number of carbonyl (C=O) groups excluding carboxylic acids is 2. The van der Waals surface area contributed by atoms with Gasteiger partial charge in [0.15, 0.2) is 0 Å². The van der Waals surface area contributed by atoms with E-state index in [-0.39, 0.29) is 16.9 Å². The minimum Gasteiger partial charge on any atom is -0.369 e. The minimum absolute atomic E-state index is 0.187. The number of nitrogens with two attached hydrogens (primary N) is 1. The predicted octanol–water partition coefficient (Wildman–Crippen LogP) is 4.02. The molecule has 4 heterocycles. The number of hydrogen-bond acceptors (Lipinski definition) is 7. The van der Waals surface area contributed by atoms with Crippen LogP contribution in [0.15, 0.2) is 60.8 Å². The number of alkyl halides is 3. The number of nitrogens with one attached hydrogen (secondary N) is 3. The molecule has 2 aliphatic rings. The lowest BCUT2D eigenvalue weighted by Crippen LogP contribution is -2.43. The van der Waals surface area contributed by atoms with Gasteiger partial charge in [-0.3, -0.25) is 9.59 Å². The van der Waals surface area contributed by atoms with Crippen LogP contribution in [0.3, 0.4) is 0 Å². The van der Waals surface area contributed by atoms with Crippen molar-refractivity contribution in [2.24, 2.45) is 5.73 Å². The number of carbonyl (C=O) groups is 2.